The van der Waals surface area contributed by atoms with Crippen LogP contribution in [0.4, 0.5) is 0 Å². The summed E-state index contributed by atoms with van der Waals surface area (Å²) in [6, 6.07) is 0. The molecule has 0 aromatic rings. The molecule has 0 heterocycles. The Morgan fingerprint density at radius 2 is 0.524 bits per heavy atom. The first-order valence-corrected chi connectivity index (χ1v) is 27.8. The fourth-order valence-electron chi connectivity index (χ4n) is 8.20. The van der Waals surface area contributed by atoms with Crippen molar-refractivity contribution >= 4 is 17.9 Å². The Morgan fingerprint density at radius 1 is 0.302 bits per heavy atom. The van der Waals surface area contributed by atoms with Crippen molar-refractivity contribution in [2.45, 2.75) is 309 Å². The zero-order valence-electron chi connectivity index (χ0n) is 42.4. The summed E-state index contributed by atoms with van der Waals surface area (Å²) in [7, 11) is 0. The molecule has 0 aliphatic heterocycles. The second-order valence-electron chi connectivity index (χ2n) is 18.8. The molecule has 0 spiro atoms. The molecular weight excluding hydrogens is 781 g/mol. The summed E-state index contributed by atoms with van der Waals surface area (Å²) in [5.74, 6) is -0.862. The van der Waals surface area contributed by atoms with Crippen LogP contribution in [0.3, 0.4) is 0 Å². The third-order valence-corrected chi connectivity index (χ3v) is 12.4. The molecule has 1 atom stereocenters. The van der Waals surface area contributed by atoms with Gasteiger partial charge < -0.3 is 14.2 Å². The van der Waals surface area contributed by atoms with E-state index < -0.39 is 6.10 Å². The molecule has 6 nitrogen and oxygen atoms in total. The topological polar surface area (TPSA) is 78.9 Å². The minimum Gasteiger partial charge on any atom is -0.462 e. The molecule has 370 valence electrons. The molecule has 0 radical (unpaired) electrons. The standard InChI is InChI=1S/C57H106O6/c1-4-7-10-13-16-19-22-25-28-31-34-37-40-43-46-49-55(58)61-52-54(63-57(60)51-48-45-42-39-36-33-30-27-24-21-18-15-12-9-6-3)53-62-56(59)50-47-44-41-38-35-32-29-26-23-20-17-14-11-8-5-2/h19,21-22,24,54H,4-18,20,23,25-53H2,1-3H3/b22-19-,24-21-/t54-/m1/s1. The van der Waals surface area contributed by atoms with Crippen LogP contribution in [0.2, 0.25) is 0 Å². The molecule has 0 fully saturated rings. The highest BCUT2D eigenvalue weighted by Crippen LogP contribution is 2.16. The predicted molar refractivity (Wildman–Crippen MR) is 270 cm³/mol. The molecule has 0 aromatic carbocycles. The fourth-order valence-corrected chi connectivity index (χ4v) is 8.20. The Labute approximate surface area is 392 Å². The van der Waals surface area contributed by atoms with Gasteiger partial charge in [0, 0.05) is 19.3 Å². The van der Waals surface area contributed by atoms with Crippen molar-refractivity contribution in [1.29, 1.82) is 0 Å². The molecule has 0 saturated heterocycles. The van der Waals surface area contributed by atoms with E-state index in [1.54, 1.807) is 0 Å². The number of carbonyl (C=O) groups is 3. The van der Waals surface area contributed by atoms with Crippen LogP contribution in [-0.4, -0.2) is 37.2 Å². The molecule has 0 rings (SSSR count). The second kappa shape index (κ2) is 52.5. The van der Waals surface area contributed by atoms with E-state index in [4.69, 9.17) is 14.2 Å². The molecule has 6 heteroatoms. The van der Waals surface area contributed by atoms with Gasteiger partial charge in [-0.05, 0) is 70.6 Å². The van der Waals surface area contributed by atoms with Gasteiger partial charge in [0.1, 0.15) is 13.2 Å². The van der Waals surface area contributed by atoms with Crippen LogP contribution >= 0.6 is 0 Å². The number of esters is 3. The predicted octanol–water partition coefficient (Wildman–Crippen LogP) is 18.3. The van der Waals surface area contributed by atoms with Crippen LogP contribution in [0.1, 0.15) is 303 Å². The molecular formula is C57H106O6. The largest absolute Gasteiger partial charge is 0.462 e. The zero-order valence-corrected chi connectivity index (χ0v) is 42.4. The second-order valence-corrected chi connectivity index (χ2v) is 18.8. The van der Waals surface area contributed by atoms with Gasteiger partial charge in [-0.3, -0.25) is 14.4 Å². The smallest absolute Gasteiger partial charge is 0.306 e. The van der Waals surface area contributed by atoms with Gasteiger partial charge in [-0.15, -0.1) is 0 Å². The molecule has 0 aliphatic rings. The average Bonchev–Trinajstić information content (AvgIpc) is 3.28. The number of unbranched alkanes of at least 4 members (excludes halogenated alkanes) is 36. The van der Waals surface area contributed by atoms with Gasteiger partial charge in [-0.2, -0.15) is 0 Å². The van der Waals surface area contributed by atoms with E-state index in [1.807, 2.05) is 0 Å². The van der Waals surface area contributed by atoms with Gasteiger partial charge in [-0.1, -0.05) is 238 Å². The summed E-state index contributed by atoms with van der Waals surface area (Å²) in [6.07, 6.45) is 60.1. The normalized spacial score (nSPS) is 12.1. The maximum Gasteiger partial charge on any atom is 0.306 e. The van der Waals surface area contributed by atoms with Gasteiger partial charge in [0.05, 0.1) is 0 Å². The summed E-state index contributed by atoms with van der Waals surface area (Å²) < 4.78 is 16.9. The van der Waals surface area contributed by atoms with Crippen LogP contribution in [0, 0.1) is 0 Å². The summed E-state index contributed by atoms with van der Waals surface area (Å²) in [4.78, 5) is 38.1. The summed E-state index contributed by atoms with van der Waals surface area (Å²) in [6.45, 7) is 6.65. The minimum atomic E-state index is -0.771. The Morgan fingerprint density at radius 3 is 0.810 bits per heavy atom. The van der Waals surface area contributed by atoms with Gasteiger partial charge >= 0.3 is 17.9 Å². The maximum atomic E-state index is 12.8. The highest BCUT2D eigenvalue weighted by Gasteiger charge is 2.19. The third kappa shape index (κ3) is 50.7. The van der Waals surface area contributed by atoms with E-state index in [0.29, 0.717) is 19.3 Å². The van der Waals surface area contributed by atoms with Crippen LogP contribution in [0.15, 0.2) is 24.3 Å². The average molecular weight is 887 g/mol. The van der Waals surface area contributed by atoms with E-state index in [-0.39, 0.29) is 31.1 Å². The molecule has 63 heavy (non-hydrogen) atoms. The van der Waals surface area contributed by atoms with Gasteiger partial charge in [0.2, 0.25) is 0 Å². The van der Waals surface area contributed by atoms with Crippen molar-refractivity contribution in [1.82, 2.24) is 0 Å². The molecule has 0 saturated carbocycles. The monoisotopic (exact) mass is 887 g/mol. The van der Waals surface area contributed by atoms with Crippen LogP contribution < -0.4 is 0 Å². The van der Waals surface area contributed by atoms with Crippen molar-refractivity contribution < 1.29 is 28.6 Å². The number of rotatable bonds is 51. The highest BCUT2D eigenvalue weighted by atomic mass is 16.6. The molecule has 0 N–H and O–H groups in total. The maximum absolute atomic E-state index is 12.8. The lowest BCUT2D eigenvalue weighted by molar-refractivity contribution is -0.167. The lowest BCUT2D eigenvalue weighted by Gasteiger charge is -2.18. The van der Waals surface area contributed by atoms with Crippen LogP contribution in [-0.2, 0) is 28.6 Å². The minimum absolute atomic E-state index is 0.0701. The van der Waals surface area contributed by atoms with Crippen molar-refractivity contribution in [2.24, 2.45) is 0 Å². The molecule has 0 aliphatic carbocycles. The first-order valence-electron chi connectivity index (χ1n) is 27.8. The number of carbonyl (C=O) groups excluding carboxylic acids is 3. The molecule has 0 bridgehead atoms. The van der Waals surface area contributed by atoms with Crippen molar-refractivity contribution in [2.75, 3.05) is 13.2 Å². The van der Waals surface area contributed by atoms with Gasteiger partial charge in [-0.25, -0.2) is 0 Å². The Hall–Kier alpha value is -2.11. The van der Waals surface area contributed by atoms with Gasteiger partial charge in [0.15, 0.2) is 6.10 Å². The number of allylic oxidation sites excluding steroid dienone is 4. The van der Waals surface area contributed by atoms with E-state index in [9.17, 15) is 14.4 Å². The number of hydrogen-bond donors (Lipinski definition) is 0. The van der Waals surface area contributed by atoms with Crippen LogP contribution in [0.5, 0.6) is 0 Å². The van der Waals surface area contributed by atoms with E-state index >= 15 is 0 Å². The lowest BCUT2D eigenvalue weighted by atomic mass is 10.0. The lowest BCUT2D eigenvalue weighted by Crippen LogP contribution is -2.30. The fraction of sp³-hybridized carbons (Fsp3) is 0.877. The third-order valence-electron chi connectivity index (χ3n) is 12.4. The summed E-state index contributed by atoms with van der Waals surface area (Å²) in [5.41, 5.74) is 0. The molecule has 0 amide bonds. The molecule has 0 aromatic heterocycles. The van der Waals surface area contributed by atoms with Crippen molar-refractivity contribution in [3.8, 4) is 0 Å². The Bertz CT molecular complexity index is 1020. The SMILES string of the molecule is CCCCCC/C=C\CCCCCCCCCC(=O)OC[C@H](COC(=O)CCCCCCCCCCCCCCCCC)OC(=O)CCCCCCCCC/C=C\CCCCCC. The van der Waals surface area contributed by atoms with E-state index in [0.717, 1.165) is 57.8 Å². The number of ether oxygens (including phenoxy) is 3. The summed E-state index contributed by atoms with van der Waals surface area (Å²) >= 11 is 0. The highest BCUT2D eigenvalue weighted by molar-refractivity contribution is 5.71. The van der Waals surface area contributed by atoms with Crippen molar-refractivity contribution in [3.63, 3.8) is 0 Å². The van der Waals surface area contributed by atoms with Gasteiger partial charge in [0.25, 0.3) is 0 Å². The Kier molecular flexibility index (Phi) is 50.8. The summed E-state index contributed by atoms with van der Waals surface area (Å²) in [5, 5.41) is 0. The molecule has 0 unspecified atom stereocenters. The first kappa shape index (κ1) is 60.9. The first-order chi connectivity index (χ1) is 31.0. The van der Waals surface area contributed by atoms with Crippen molar-refractivity contribution in [3.05, 3.63) is 24.3 Å². The Balaban J connectivity index is 4.35. The zero-order chi connectivity index (χ0) is 45.8. The van der Waals surface area contributed by atoms with Crippen LogP contribution in [0.25, 0.3) is 0 Å². The quantitative estimate of drug-likeness (QED) is 0.0262. The van der Waals surface area contributed by atoms with E-state index in [2.05, 4.69) is 45.1 Å². The number of hydrogen-bond acceptors (Lipinski definition) is 6. The van der Waals surface area contributed by atoms with E-state index in [1.165, 1.54) is 205 Å².